The Balaban J connectivity index is 1.99. The number of H-pyrrole nitrogens is 1. The van der Waals surface area contributed by atoms with Gasteiger partial charge < -0.3 is 15.4 Å². The lowest BCUT2D eigenvalue weighted by Gasteiger charge is -2.18. The van der Waals surface area contributed by atoms with Gasteiger partial charge in [-0.05, 0) is 32.9 Å². The minimum absolute atomic E-state index is 0.0444. The van der Waals surface area contributed by atoms with Crippen molar-refractivity contribution in [3.05, 3.63) is 41.0 Å². The van der Waals surface area contributed by atoms with Crippen molar-refractivity contribution in [1.82, 2.24) is 15.5 Å². The molecule has 6 nitrogen and oxygen atoms in total. The zero-order valence-corrected chi connectivity index (χ0v) is 13.7. The summed E-state index contributed by atoms with van der Waals surface area (Å²) in [5, 5.41) is 12.6. The number of methoxy groups -OCH3 is 1. The molecule has 2 aromatic rings. The molecular weight excluding hydrogens is 299 g/mol. The van der Waals surface area contributed by atoms with Crippen molar-refractivity contribution in [2.75, 3.05) is 19.0 Å². The molecule has 1 amide bonds. The van der Waals surface area contributed by atoms with Gasteiger partial charge in [0.05, 0.1) is 30.7 Å². The molecule has 1 atom stereocenters. The molecule has 3 N–H and O–H groups in total. The van der Waals surface area contributed by atoms with Crippen LogP contribution in [0, 0.1) is 19.7 Å². The summed E-state index contributed by atoms with van der Waals surface area (Å²) >= 11 is 0. The monoisotopic (exact) mass is 320 g/mol. The molecule has 2 rings (SSSR count). The summed E-state index contributed by atoms with van der Waals surface area (Å²) in [5.41, 5.74) is 2.59. The van der Waals surface area contributed by atoms with Crippen molar-refractivity contribution < 1.29 is 13.9 Å². The molecule has 1 unspecified atom stereocenters. The first kappa shape index (κ1) is 17.0. The molecule has 0 aliphatic heterocycles. The third kappa shape index (κ3) is 3.87. The van der Waals surface area contributed by atoms with Gasteiger partial charge in [0.1, 0.15) is 11.6 Å². The van der Waals surface area contributed by atoms with Gasteiger partial charge in [0.25, 0.3) is 0 Å². The molecule has 1 aromatic carbocycles. The number of rotatable bonds is 6. The molecule has 0 radical (unpaired) electrons. The number of carbonyl (C=O) groups is 1. The van der Waals surface area contributed by atoms with Crippen LogP contribution in [0.2, 0.25) is 0 Å². The van der Waals surface area contributed by atoms with Crippen molar-refractivity contribution in [3.8, 4) is 5.75 Å². The second-order valence-corrected chi connectivity index (χ2v) is 5.32. The Morgan fingerprint density at radius 3 is 2.78 bits per heavy atom. The molecule has 1 heterocycles. The summed E-state index contributed by atoms with van der Waals surface area (Å²) in [7, 11) is 1.49. The van der Waals surface area contributed by atoms with Gasteiger partial charge in [0, 0.05) is 11.6 Å². The first-order valence-electron chi connectivity index (χ1n) is 7.31. The number of benzene rings is 1. The van der Waals surface area contributed by atoms with Gasteiger partial charge in [-0.2, -0.15) is 5.10 Å². The van der Waals surface area contributed by atoms with E-state index in [9.17, 15) is 9.18 Å². The number of hydrogen-bond acceptors (Lipinski definition) is 4. The van der Waals surface area contributed by atoms with Crippen LogP contribution in [0.3, 0.4) is 0 Å². The summed E-state index contributed by atoms with van der Waals surface area (Å²) < 4.78 is 19.2. The Bertz CT molecular complexity index is 680. The molecule has 7 heteroatoms. The summed E-state index contributed by atoms with van der Waals surface area (Å²) in [4.78, 5) is 12.0. The fraction of sp³-hybridized carbons (Fsp3) is 0.375. The van der Waals surface area contributed by atoms with Crippen LogP contribution in [0.5, 0.6) is 5.75 Å². The van der Waals surface area contributed by atoms with E-state index < -0.39 is 0 Å². The van der Waals surface area contributed by atoms with Crippen molar-refractivity contribution in [1.29, 1.82) is 0 Å². The zero-order chi connectivity index (χ0) is 17.0. The lowest BCUT2D eigenvalue weighted by molar-refractivity contribution is -0.115. The molecule has 124 valence electrons. The van der Waals surface area contributed by atoms with Crippen LogP contribution in [0.25, 0.3) is 0 Å². The second-order valence-electron chi connectivity index (χ2n) is 5.32. The molecule has 0 fully saturated rings. The Hall–Kier alpha value is -2.41. The van der Waals surface area contributed by atoms with Gasteiger partial charge in [0.2, 0.25) is 5.91 Å². The maximum atomic E-state index is 14.0. The van der Waals surface area contributed by atoms with Gasteiger partial charge in [0.15, 0.2) is 0 Å². The Labute approximate surface area is 134 Å². The van der Waals surface area contributed by atoms with Crippen LogP contribution < -0.4 is 15.4 Å². The average Bonchev–Trinajstić information content (AvgIpc) is 2.84. The average molecular weight is 320 g/mol. The number of hydrogen-bond donors (Lipinski definition) is 3. The van der Waals surface area contributed by atoms with Crippen LogP contribution in [0.4, 0.5) is 10.1 Å². The SMILES string of the molecule is COc1cccc(F)c1C(C)NCC(=O)Nc1c(C)n[nH]c1C. The maximum Gasteiger partial charge on any atom is 0.238 e. The van der Waals surface area contributed by atoms with Crippen molar-refractivity contribution in [2.24, 2.45) is 0 Å². The Morgan fingerprint density at radius 2 is 2.17 bits per heavy atom. The number of nitrogens with zero attached hydrogens (tertiary/aromatic N) is 1. The number of nitrogens with one attached hydrogen (secondary N) is 3. The highest BCUT2D eigenvalue weighted by atomic mass is 19.1. The predicted octanol–water partition coefficient (Wildman–Crippen LogP) is 2.46. The molecule has 0 spiro atoms. The fourth-order valence-electron chi connectivity index (χ4n) is 2.38. The van der Waals surface area contributed by atoms with Crippen LogP contribution in [-0.2, 0) is 4.79 Å². The number of anilines is 1. The van der Waals surface area contributed by atoms with E-state index in [4.69, 9.17) is 4.74 Å². The van der Waals surface area contributed by atoms with E-state index >= 15 is 0 Å². The molecule has 1 aromatic heterocycles. The van der Waals surface area contributed by atoms with E-state index in [0.717, 1.165) is 11.4 Å². The number of aromatic nitrogens is 2. The lowest BCUT2D eigenvalue weighted by Crippen LogP contribution is -2.31. The van der Waals surface area contributed by atoms with E-state index in [1.165, 1.54) is 13.2 Å². The molecular formula is C16H21FN4O2. The molecule has 0 saturated carbocycles. The molecule has 23 heavy (non-hydrogen) atoms. The Kier molecular flexibility index (Phi) is 5.33. The number of halogens is 1. The minimum atomic E-state index is -0.372. The normalized spacial score (nSPS) is 12.0. The van der Waals surface area contributed by atoms with Crippen molar-refractivity contribution >= 4 is 11.6 Å². The number of ether oxygens (including phenoxy) is 1. The number of aromatic amines is 1. The second kappa shape index (κ2) is 7.23. The summed E-state index contributed by atoms with van der Waals surface area (Å²) in [6, 6.07) is 4.27. The number of aryl methyl sites for hydroxylation is 2. The van der Waals surface area contributed by atoms with Gasteiger partial charge in [-0.15, -0.1) is 0 Å². The maximum absolute atomic E-state index is 14.0. The third-order valence-corrected chi connectivity index (χ3v) is 3.63. The fourth-order valence-corrected chi connectivity index (χ4v) is 2.38. The molecule has 0 bridgehead atoms. The first-order chi connectivity index (χ1) is 10.9. The minimum Gasteiger partial charge on any atom is -0.496 e. The van der Waals surface area contributed by atoms with E-state index in [1.807, 2.05) is 6.92 Å². The standard InChI is InChI=1S/C16H21FN4O2/c1-9(15-12(17)6-5-7-13(15)23-4)18-8-14(22)19-16-10(2)20-21-11(16)3/h5-7,9,18H,8H2,1-4H3,(H,19,22)(H,20,21). The largest absolute Gasteiger partial charge is 0.496 e. The first-order valence-corrected chi connectivity index (χ1v) is 7.31. The summed E-state index contributed by atoms with van der Waals surface area (Å²) in [6.07, 6.45) is 0. The predicted molar refractivity (Wildman–Crippen MR) is 86.1 cm³/mol. The van der Waals surface area contributed by atoms with E-state index in [0.29, 0.717) is 17.0 Å². The van der Waals surface area contributed by atoms with Crippen LogP contribution in [0.1, 0.15) is 29.9 Å². The number of amides is 1. The quantitative estimate of drug-likeness (QED) is 0.764. The highest BCUT2D eigenvalue weighted by Crippen LogP contribution is 2.27. The molecule has 0 saturated heterocycles. The highest BCUT2D eigenvalue weighted by Gasteiger charge is 2.17. The smallest absolute Gasteiger partial charge is 0.238 e. The van der Waals surface area contributed by atoms with Gasteiger partial charge in [-0.1, -0.05) is 6.07 Å². The van der Waals surface area contributed by atoms with E-state index in [2.05, 4.69) is 20.8 Å². The van der Waals surface area contributed by atoms with Gasteiger partial charge in [-0.25, -0.2) is 4.39 Å². The molecule has 0 aliphatic carbocycles. The van der Waals surface area contributed by atoms with Crippen molar-refractivity contribution in [2.45, 2.75) is 26.8 Å². The van der Waals surface area contributed by atoms with Crippen LogP contribution >= 0.6 is 0 Å². The van der Waals surface area contributed by atoms with Crippen LogP contribution in [0.15, 0.2) is 18.2 Å². The number of carbonyl (C=O) groups excluding carboxylic acids is 1. The summed E-state index contributed by atoms with van der Waals surface area (Å²) in [5.74, 6) is -0.141. The summed E-state index contributed by atoms with van der Waals surface area (Å²) in [6.45, 7) is 5.46. The van der Waals surface area contributed by atoms with E-state index in [-0.39, 0.29) is 24.3 Å². The zero-order valence-electron chi connectivity index (χ0n) is 13.7. The van der Waals surface area contributed by atoms with Gasteiger partial charge in [-0.3, -0.25) is 9.89 Å². The van der Waals surface area contributed by atoms with Crippen LogP contribution in [-0.4, -0.2) is 29.8 Å². The molecule has 0 aliphatic rings. The lowest BCUT2D eigenvalue weighted by atomic mass is 10.1. The third-order valence-electron chi connectivity index (χ3n) is 3.63. The highest BCUT2D eigenvalue weighted by molar-refractivity contribution is 5.93. The van der Waals surface area contributed by atoms with E-state index in [1.54, 1.807) is 26.0 Å². The topological polar surface area (TPSA) is 79.0 Å². The van der Waals surface area contributed by atoms with Crippen molar-refractivity contribution in [3.63, 3.8) is 0 Å². The van der Waals surface area contributed by atoms with Gasteiger partial charge >= 0.3 is 0 Å². The Morgan fingerprint density at radius 1 is 1.43 bits per heavy atom.